The first-order chi connectivity index (χ1) is 29.0. The van der Waals surface area contributed by atoms with E-state index in [0.717, 1.165) is 40.8 Å². The van der Waals surface area contributed by atoms with Gasteiger partial charge in [0, 0.05) is 79.9 Å². The van der Waals surface area contributed by atoms with E-state index in [1.165, 1.54) is 11.8 Å². The molecule has 18 heteroatoms. The fraction of sp³-hybridized carbons (Fsp3) is 0.419. The normalized spacial score (nSPS) is 13.5. The van der Waals surface area contributed by atoms with Crippen molar-refractivity contribution in [2.75, 3.05) is 44.2 Å². The van der Waals surface area contributed by atoms with E-state index >= 15 is 4.39 Å². The number of hydrogen-bond acceptors (Lipinski definition) is 9. The number of rotatable bonds is 23. The summed E-state index contributed by atoms with van der Waals surface area (Å²) >= 11 is 1.21. The summed E-state index contributed by atoms with van der Waals surface area (Å²) in [5.41, 5.74) is 7.60. The predicted molar refractivity (Wildman–Crippen MR) is 226 cm³/mol. The molecule has 1 aliphatic rings. The number of nitrogens with two attached hydrogens (primary N) is 1. The Kier molecular flexibility index (Phi) is 17.7. The van der Waals surface area contributed by atoms with Gasteiger partial charge in [-0.15, -0.1) is 0 Å². The molecular formula is C43H53F2N7O8S. The molecular weight excluding hydrogens is 813 g/mol. The molecule has 4 rings (SSSR count). The lowest BCUT2D eigenvalue weighted by Gasteiger charge is -2.41. The topological polar surface area (TPSA) is 213 Å². The van der Waals surface area contributed by atoms with Gasteiger partial charge >= 0.3 is 5.97 Å². The smallest absolute Gasteiger partial charge is 0.303 e. The van der Waals surface area contributed by atoms with Crippen LogP contribution in [-0.4, -0.2) is 111 Å². The Balaban J connectivity index is 1.41. The lowest BCUT2D eigenvalue weighted by atomic mass is 9.83. The number of carbonyl (C=O) groups is 7. The van der Waals surface area contributed by atoms with Crippen molar-refractivity contribution in [3.63, 3.8) is 0 Å². The largest absolute Gasteiger partial charge is 0.481 e. The summed E-state index contributed by atoms with van der Waals surface area (Å²) in [5, 5.41) is 16.8. The molecule has 0 saturated heterocycles. The molecule has 0 bridgehead atoms. The van der Waals surface area contributed by atoms with Crippen LogP contribution in [0.2, 0.25) is 0 Å². The molecule has 1 aliphatic heterocycles. The SMILES string of the molecule is CC(C)(C)[C@H](c1cc(-c2cc(F)ccc2F)cn1Cc1ccccc1)N(CCCN)C(=O)CSCCC(=O)N[C@@H](CCC(=O)O)C(=O)NCCNC(=O)CN1C(=O)C=CC1=O. The number of aromatic nitrogens is 1. The third kappa shape index (κ3) is 14.4. The monoisotopic (exact) mass is 865 g/mol. The third-order valence-electron chi connectivity index (χ3n) is 9.65. The molecule has 0 radical (unpaired) electrons. The van der Waals surface area contributed by atoms with E-state index in [0.29, 0.717) is 37.3 Å². The second kappa shape index (κ2) is 22.6. The average Bonchev–Trinajstić information content (AvgIpc) is 3.76. The van der Waals surface area contributed by atoms with Gasteiger partial charge in [0.05, 0.1) is 11.8 Å². The number of nitrogens with zero attached hydrogens (tertiary/aromatic N) is 3. The molecule has 2 heterocycles. The molecule has 3 aromatic rings. The fourth-order valence-electron chi connectivity index (χ4n) is 6.78. The van der Waals surface area contributed by atoms with E-state index < -0.39 is 77.6 Å². The van der Waals surface area contributed by atoms with Crippen LogP contribution < -0.4 is 21.7 Å². The van der Waals surface area contributed by atoms with Crippen LogP contribution in [0.15, 0.2) is 72.9 Å². The van der Waals surface area contributed by atoms with Gasteiger partial charge in [0.1, 0.15) is 24.2 Å². The molecule has 328 valence electrons. The number of halogens is 2. The predicted octanol–water partition coefficient (Wildman–Crippen LogP) is 3.38. The molecule has 6 amide bonds. The van der Waals surface area contributed by atoms with Crippen molar-refractivity contribution in [3.8, 4) is 11.1 Å². The quantitative estimate of drug-likeness (QED) is 0.0693. The van der Waals surface area contributed by atoms with Crippen molar-refractivity contribution in [2.24, 2.45) is 11.1 Å². The molecule has 0 aliphatic carbocycles. The molecule has 6 N–H and O–H groups in total. The van der Waals surface area contributed by atoms with Gasteiger partial charge in [0.15, 0.2) is 0 Å². The van der Waals surface area contributed by atoms with Crippen LogP contribution in [0.25, 0.3) is 11.1 Å². The first kappa shape index (κ1) is 47.8. The summed E-state index contributed by atoms with van der Waals surface area (Å²) in [6.45, 7) is 6.34. The van der Waals surface area contributed by atoms with Crippen LogP contribution in [0.4, 0.5) is 8.78 Å². The van der Waals surface area contributed by atoms with Gasteiger partial charge in [-0.3, -0.25) is 38.5 Å². The molecule has 2 aromatic carbocycles. The number of carboxylic acids is 1. The molecule has 15 nitrogen and oxygen atoms in total. The van der Waals surface area contributed by atoms with Crippen LogP contribution in [0.3, 0.4) is 0 Å². The standard InChI is InChI=1S/C43H53F2N7O8S/c1-43(2,3)41(34-22-29(31-23-30(44)10-11-32(31)45)25-50(34)24-28-8-5-4-6-9-28)51(20-7-17-46)39(57)27-61-21-16-35(53)49-33(12-15-40(58)59)42(60)48-19-18-47-36(54)26-52-37(55)13-14-38(52)56/h4-6,8-11,13-14,22-23,25,33,41H,7,12,15-21,24,26-27,46H2,1-3H3,(H,47,54)(H,48,60)(H,49,53)(H,58,59)/t33-,41-/m0/s1. The van der Waals surface area contributed by atoms with Gasteiger partial charge in [-0.25, -0.2) is 8.78 Å². The Morgan fingerprint density at radius 1 is 0.918 bits per heavy atom. The number of imide groups is 1. The lowest BCUT2D eigenvalue weighted by molar-refractivity contribution is -0.141. The summed E-state index contributed by atoms with van der Waals surface area (Å²) in [5.74, 6) is -5.49. The highest BCUT2D eigenvalue weighted by Crippen LogP contribution is 2.41. The minimum absolute atomic E-state index is 0.0134. The summed E-state index contributed by atoms with van der Waals surface area (Å²) in [4.78, 5) is 89.4. The minimum Gasteiger partial charge on any atom is -0.481 e. The molecule has 0 spiro atoms. The number of benzene rings is 2. The van der Waals surface area contributed by atoms with E-state index in [4.69, 9.17) is 5.73 Å². The second-order valence-corrected chi connectivity index (χ2v) is 16.6. The van der Waals surface area contributed by atoms with E-state index in [1.807, 2.05) is 55.7 Å². The molecule has 0 fully saturated rings. The molecule has 2 atom stereocenters. The summed E-state index contributed by atoms with van der Waals surface area (Å²) in [6.07, 6.45) is 3.64. The van der Waals surface area contributed by atoms with Crippen molar-refractivity contribution in [2.45, 2.75) is 65.1 Å². The van der Waals surface area contributed by atoms with Crippen molar-refractivity contribution in [3.05, 3.63) is 95.8 Å². The van der Waals surface area contributed by atoms with Crippen LogP contribution in [-0.2, 0) is 40.1 Å². The van der Waals surface area contributed by atoms with E-state index in [9.17, 15) is 43.1 Å². The average molecular weight is 866 g/mol. The first-order valence-electron chi connectivity index (χ1n) is 19.8. The maximum absolute atomic E-state index is 15.1. The van der Waals surface area contributed by atoms with Crippen molar-refractivity contribution >= 4 is 53.2 Å². The third-order valence-corrected chi connectivity index (χ3v) is 10.6. The number of carbonyl (C=O) groups excluding carboxylic acids is 6. The number of hydrogen-bond donors (Lipinski definition) is 5. The summed E-state index contributed by atoms with van der Waals surface area (Å²) in [6, 6.07) is 13.0. The Labute approximate surface area is 357 Å². The zero-order chi connectivity index (χ0) is 44.7. The van der Waals surface area contributed by atoms with Crippen molar-refractivity contribution in [1.82, 2.24) is 30.3 Å². The highest BCUT2D eigenvalue weighted by Gasteiger charge is 2.37. The highest BCUT2D eigenvalue weighted by atomic mass is 32.2. The zero-order valence-corrected chi connectivity index (χ0v) is 35.3. The first-order valence-corrected chi connectivity index (χ1v) is 21.0. The molecule has 0 unspecified atom stereocenters. The van der Waals surface area contributed by atoms with Gasteiger partial charge in [-0.2, -0.15) is 11.8 Å². The number of nitrogens with one attached hydrogen (secondary N) is 3. The maximum atomic E-state index is 15.1. The maximum Gasteiger partial charge on any atom is 0.303 e. The Hall–Kier alpha value is -5.88. The fourth-order valence-corrected chi connectivity index (χ4v) is 7.59. The van der Waals surface area contributed by atoms with Crippen LogP contribution in [0.5, 0.6) is 0 Å². The lowest BCUT2D eigenvalue weighted by Crippen LogP contribution is -2.49. The highest BCUT2D eigenvalue weighted by molar-refractivity contribution is 7.99. The Morgan fingerprint density at radius 2 is 1.61 bits per heavy atom. The molecule has 1 aromatic heterocycles. The van der Waals surface area contributed by atoms with E-state index in [-0.39, 0.29) is 48.9 Å². The number of carboxylic acid groups (broad SMARTS) is 1. The van der Waals surface area contributed by atoms with Gasteiger partial charge in [-0.05, 0) is 54.6 Å². The van der Waals surface area contributed by atoms with E-state index in [1.54, 1.807) is 17.2 Å². The van der Waals surface area contributed by atoms with Gasteiger partial charge in [0.25, 0.3) is 11.8 Å². The second-order valence-electron chi connectivity index (χ2n) is 15.5. The van der Waals surface area contributed by atoms with Gasteiger partial charge in [0.2, 0.25) is 23.6 Å². The molecule has 0 saturated carbocycles. The molecule has 61 heavy (non-hydrogen) atoms. The van der Waals surface area contributed by atoms with E-state index in [2.05, 4.69) is 16.0 Å². The van der Waals surface area contributed by atoms with Crippen molar-refractivity contribution in [1.29, 1.82) is 0 Å². The van der Waals surface area contributed by atoms with Crippen molar-refractivity contribution < 1.29 is 47.4 Å². The number of aliphatic carboxylic acids is 1. The Bertz CT molecular complexity index is 2070. The van der Waals surface area contributed by atoms with Crippen LogP contribution in [0.1, 0.15) is 63.8 Å². The minimum atomic E-state index is -1.20. The van der Waals surface area contributed by atoms with Crippen LogP contribution >= 0.6 is 11.8 Å². The van der Waals surface area contributed by atoms with Crippen LogP contribution in [0, 0.1) is 17.0 Å². The van der Waals surface area contributed by atoms with Gasteiger partial charge in [-0.1, -0.05) is 51.1 Å². The summed E-state index contributed by atoms with van der Waals surface area (Å²) in [7, 11) is 0. The summed E-state index contributed by atoms with van der Waals surface area (Å²) < 4.78 is 31.5. The number of thioether (sulfide) groups is 1. The number of amides is 6. The van der Waals surface area contributed by atoms with Gasteiger partial charge < -0.3 is 36.3 Å². The zero-order valence-electron chi connectivity index (χ0n) is 34.5. The Morgan fingerprint density at radius 3 is 2.26 bits per heavy atom.